The van der Waals surface area contributed by atoms with Crippen LogP contribution in [0.5, 0.6) is 0 Å². The molecule has 0 aromatic heterocycles. The SMILES string of the molecule is OB(O)c1ccc(-c2ccc(-c3cccc4ccccc34)cc2)cc1. The van der Waals surface area contributed by atoms with Crippen molar-refractivity contribution in [1.82, 2.24) is 0 Å². The second kappa shape index (κ2) is 6.56. The van der Waals surface area contributed by atoms with Gasteiger partial charge in [0.2, 0.25) is 0 Å². The van der Waals surface area contributed by atoms with Gasteiger partial charge in [-0.1, -0.05) is 91.0 Å². The van der Waals surface area contributed by atoms with E-state index in [0.717, 1.165) is 11.1 Å². The summed E-state index contributed by atoms with van der Waals surface area (Å²) in [5.41, 5.74) is 5.05. The fourth-order valence-electron chi connectivity index (χ4n) is 3.17. The molecule has 2 nitrogen and oxygen atoms in total. The van der Waals surface area contributed by atoms with Gasteiger partial charge in [-0.25, -0.2) is 0 Å². The van der Waals surface area contributed by atoms with Crippen molar-refractivity contribution in [3.8, 4) is 22.3 Å². The summed E-state index contributed by atoms with van der Waals surface area (Å²) in [6, 6.07) is 30.5. The van der Waals surface area contributed by atoms with E-state index in [1.807, 2.05) is 12.1 Å². The molecule has 0 heterocycles. The van der Waals surface area contributed by atoms with Gasteiger partial charge in [0.1, 0.15) is 0 Å². The van der Waals surface area contributed by atoms with Crippen molar-refractivity contribution in [3.63, 3.8) is 0 Å². The van der Waals surface area contributed by atoms with Crippen LogP contribution in [0.15, 0.2) is 91.0 Å². The lowest BCUT2D eigenvalue weighted by Crippen LogP contribution is -2.29. The third kappa shape index (κ3) is 3.08. The smallest absolute Gasteiger partial charge is 0.423 e. The van der Waals surface area contributed by atoms with Crippen molar-refractivity contribution in [2.45, 2.75) is 0 Å². The topological polar surface area (TPSA) is 40.5 Å². The fourth-order valence-corrected chi connectivity index (χ4v) is 3.17. The summed E-state index contributed by atoms with van der Waals surface area (Å²) in [7, 11) is -1.43. The molecule has 0 aliphatic rings. The van der Waals surface area contributed by atoms with Gasteiger partial charge in [0.15, 0.2) is 0 Å². The van der Waals surface area contributed by atoms with Crippen molar-refractivity contribution >= 4 is 23.4 Å². The van der Waals surface area contributed by atoms with Gasteiger partial charge in [-0.3, -0.25) is 0 Å². The summed E-state index contributed by atoms with van der Waals surface area (Å²) in [6.07, 6.45) is 0. The van der Waals surface area contributed by atoms with Crippen molar-refractivity contribution in [3.05, 3.63) is 91.0 Å². The van der Waals surface area contributed by atoms with Crippen LogP contribution in [0.3, 0.4) is 0 Å². The molecule has 0 bridgehead atoms. The zero-order valence-electron chi connectivity index (χ0n) is 13.6. The molecular weight excluding hydrogens is 307 g/mol. The summed E-state index contributed by atoms with van der Waals surface area (Å²) in [5, 5.41) is 20.9. The quantitative estimate of drug-likeness (QED) is 0.562. The predicted molar refractivity (Wildman–Crippen MR) is 105 cm³/mol. The highest BCUT2D eigenvalue weighted by molar-refractivity contribution is 6.58. The molecule has 25 heavy (non-hydrogen) atoms. The summed E-state index contributed by atoms with van der Waals surface area (Å²) in [5.74, 6) is 0. The van der Waals surface area contributed by atoms with Crippen LogP contribution >= 0.6 is 0 Å². The van der Waals surface area contributed by atoms with E-state index in [1.165, 1.54) is 21.9 Å². The van der Waals surface area contributed by atoms with E-state index in [9.17, 15) is 10.0 Å². The Labute approximate surface area is 147 Å². The van der Waals surface area contributed by atoms with Crippen LogP contribution in [0.2, 0.25) is 0 Å². The predicted octanol–water partition coefficient (Wildman–Crippen LogP) is 3.85. The van der Waals surface area contributed by atoms with E-state index in [4.69, 9.17) is 0 Å². The minimum absolute atomic E-state index is 0.496. The lowest BCUT2D eigenvalue weighted by atomic mass is 9.80. The first-order valence-electron chi connectivity index (χ1n) is 8.27. The molecule has 0 atom stereocenters. The first kappa shape index (κ1) is 15.6. The van der Waals surface area contributed by atoms with Crippen molar-refractivity contribution in [2.24, 2.45) is 0 Å². The molecule has 0 aliphatic heterocycles. The van der Waals surface area contributed by atoms with Crippen LogP contribution in [0.4, 0.5) is 0 Å². The minimum atomic E-state index is -1.43. The maximum absolute atomic E-state index is 9.19. The molecule has 2 N–H and O–H groups in total. The molecule has 0 saturated carbocycles. The Balaban J connectivity index is 1.70. The number of hydrogen-bond acceptors (Lipinski definition) is 2. The molecule has 0 saturated heterocycles. The Morgan fingerprint density at radius 3 is 1.76 bits per heavy atom. The van der Waals surface area contributed by atoms with E-state index in [-0.39, 0.29) is 0 Å². The Kier molecular flexibility index (Phi) is 4.10. The number of fused-ring (bicyclic) bond motifs is 1. The molecule has 120 valence electrons. The van der Waals surface area contributed by atoms with Gasteiger partial charge in [0, 0.05) is 0 Å². The normalized spacial score (nSPS) is 10.8. The second-order valence-corrected chi connectivity index (χ2v) is 6.10. The highest BCUT2D eigenvalue weighted by Crippen LogP contribution is 2.30. The van der Waals surface area contributed by atoms with Crippen molar-refractivity contribution < 1.29 is 10.0 Å². The van der Waals surface area contributed by atoms with E-state index in [1.54, 1.807) is 12.1 Å². The van der Waals surface area contributed by atoms with E-state index in [2.05, 4.69) is 66.7 Å². The average molecular weight is 324 g/mol. The largest absolute Gasteiger partial charge is 0.488 e. The van der Waals surface area contributed by atoms with Gasteiger partial charge >= 0.3 is 7.12 Å². The summed E-state index contributed by atoms with van der Waals surface area (Å²) >= 11 is 0. The first-order chi connectivity index (χ1) is 12.2. The monoisotopic (exact) mass is 324 g/mol. The Morgan fingerprint density at radius 1 is 0.520 bits per heavy atom. The number of benzene rings is 4. The van der Waals surface area contributed by atoms with Gasteiger partial charge in [0.05, 0.1) is 0 Å². The van der Waals surface area contributed by atoms with E-state index in [0.29, 0.717) is 5.46 Å². The van der Waals surface area contributed by atoms with E-state index >= 15 is 0 Å². The maximum Gasteiger partial charge on any atom is 0.488 e. The highest BCUT2D eigenvalue weighted by Gasteiger charge is 2.10. The molecule has 4 rings (SSSR count). The Morgan fingerprint density at radius 2 is 1.08 bits per heavy atom. The van der Waals surface area contributed by atoms with Gasteiger partial charge < -0.3 is 10.0 Å². The summed E-state index contributed by atoms with van der Waals surface area (Å²) in [6.45, 7) is 0. The fraction of sp³-hybridized carbons (Fsp3) is 0. The van der Waals surface area contributed by atoms with Gasteiger partial charge in [-0.05, 0) is 38.5 Å². The lowest BCUT2D eigenvalue weighted by molar-refractivity contribution is 0.426. The third-order valence-electron chi connectivity index (χ3n) is 4.53. The maximum atomic E-state index is 9.19. The molecule has 4 aromatic carbocycles. The van der Waals surface area contributed by atoms with Crippen LogP contribution in [-0.2, 0) is 0 Å². The Hall–Kier alpha value is -2.88. The standard InChI is InChI=1S/C22H17BO2/c24-23(25)20-14-12-17(13-15-20)16-8-10-19(11-9-16)22-7-3-5-18-4-1-2-6-21(18)22/h1-15,24-25H. The second-order valence-electron chi connectivity index (χ2n) is 6.10. The van der Waals surface area contributed by atoms with Gasteiger partial charge in [-0.2, -0.15) is 0 Å². The molecule has 4 aromatic rings. The molecular formula is C22H17BO2. The highest BCUT2D eigenvalue weighted by atomic mass is 16.4. The van der Waals surface area contributed by atoms with Crippen molar-refractivity contribution in [2.75, 3.05) is 0 Å². The van der Waals surface area contributed by atoms with Crippen LogP contribution in [0, 0.1) is 0 Å². The Bertz CT molecular complexity index is 1000. The van der Waals surface area contributed by atoms with Crippen molar-refractivity contribution in [1.29, 1.82) is 0 Å². The first-order valence-corrected chi connectivity index (χ1v) is 8.27. The van der Waals surface area contributed by atoms with Gasteiger partial charge in [0.25, 0.3) is 0 Å². The summed E-state index contributed by atoms with van der Waals surface area (Å²) < 4.78 is 0. The zero-order valence-corrected chi connectivity index (χ0v) is 13.6. The molecule has 0 amide bonds. The summed E-state index contributed by atoms with van der Waals surface area (Å²) in [4.78, 5) is 0. The lowest BCUT2D eigenvalue weighted by Gasteiger charge is -2.09. The molecule has 0 aliphatic carbocycles. The van der Waals surface area contributed by atoms with Crippen LogP contribution < -0.4 is 5.46 Å². The molecule has 0 fully saturated rings. The van der Waals surface area contributed by atoms with Crippen LogP contribution in [0.1, 0.15) is 0 Å². The zero-order chi connectivity index (χ0) is 17.2. The average Bonchev–Trinajstić information content (AvgIpc) is 2.68. The number of hydrogen-bond donors (Lipinski definition) is 2. The van der Waals surface area contributed by atoms with E-state index < -0.39 is 7.12 Å². The molecule has 0 spiro atoms. The van der Waals surface area contributed by atoms with Gasteiger partial charge in [-0.15, -0.1) is 0 Å². The van der Waals surface area contributed by atoms with Crippen LogP contribution in [0.25, 0.3) is 33.0 Å². The minimum Gasteiger partial charge on any atom is -0.423 e. The molecule has 3 heteroatoms. The number of rotatable bonds is 3. The van der Waals surface area contributed by atoms with Crippen LogP contribution in [-0.4, -0.2) is 17.2 Å². The third-order valence-corrected chi connectivity index (χ3v) is 4.53. The molecule has 0 unspecified atom stereocenters. The molecule has 0 radical (unpaired) electrons.